The van der Waals surface area contributed by atoms with Crippen molar-refractivity contribution in [2.45, 2.75) is 13.8 Å². The maximum absolute atomic E-state index is 12.6. The molecule has 0 saturated heterocycles. The van der Waals surface area contributed by atoms with Gasteiger partial charge in [-0.15, -0.1) is 0 Å². The van der Waals surface area contributed by atoms with Gasteiger partial charge >= 0.3 is 0 Å². The molecular formula is C23H22N2O3. The molecule has 0 aromatic heterocycles. The van der Waals surface area contributed by atoms with Gasteiger partial charge in [-0.25, -0.2) is 0 Å². The van der Waals surface area contributed by atoms with Crippen molar-refractivity contribution in [3.8, 4) is 5.75 Å². The fraction of sp³-hybridized carbons (Fsp3) is 0.130. The van der Waals surface area contributed by atoms with E-state index in [1.807, 2.05) is 50.2 Å². The van der Waals surface area contributed by atoms with Crippen molar-refractivity contribution in [3.05, 3.63) is 89.5 Å². The number of carbonyl (C=O) groups is 2. The van der Waals surface area contributed by atoms with Crippen molar-refractivity contribution in [2.24, 2.45) is 0 Å². The van der Waals surface area contributed by atoms with Gasteiger partial charge in [0.15, 0.2) is 6.61 Å². The van der Waals surface area contributed by atoms with Crippen LogP contribution in [0.15, 0.2) is 72.8 Å². The highest BCUT2D eigenvalue weighted by Gasteiger charge is 2.14. The molecule has 3 rings (SSSR count). The van der Waals surface area contributed by atoms with Gasteiger partial charge in [0.25, 0.3) is 11.8 Å². The van der Waals surface area contributed by atoms with Crippen LogP contribution in [0.25, 0.3) is 0 Å². The summed E-state index contributed by atoms with van der Waals surface area (Å²) in [6.45, 7) is 3.68. The number of hydrogen-bond donors (Lipinski definition) is 2. The van der Waals surface area contributed by atoms with E-state index in [1.54, 1.807) is 36.4 Å². The largest absolute Gasteiger partial charge is 0.483 e. The smallest absolute Gasteiger partial charge is 0.262 e. The van der Waals surface area contributed by atoms with Gasteiger partial charge in [0, 0.05) is 11.4 Å². The molecule has 0 atom stereocenters. The Hall–Kier alpha value is -3.60. The number of para-hydroxylation sites is 3. The van der Waals surface area contributed by atoms with E-state index in [0.717, 1.165) is 16.8 Å². The first-order valence-corrected chi connectivity index (χ1v) is 8.99. The number of ether oxygens (including phenoxy) is 1. The zero-order chi connectivity index (χ0) is 19.9. The molecule has 0 aliphatic rings. The van der Waals surface area contributed by atoms with E-state index in [1.165, 1.54) is 0 Å². The average Bonchev–Trinajstić information content (AvgIpc) is 2.70. The quantitative estimate of drug-likeness (QED) is 0.664. The molecule has 142 valence electrons. The summed E-state index contributed by atoms with van der Waals surface area (Å²) in [6.07, 6.45) is 0. The highest BCUT2D eigenvalue weighted by atomic mass is 16.5. The van der Waals surface area contributed by atoms with Gasteiger partial charge in [-0.3, -0.25) is 9.59 Å². The first kappa shape index (κ1) is 19.2. The molecular weight excluding hydrogens is 352 g/mol. The summed E-state index contributed by atoms with van der Waals surface area (Å²) in [4.78, 5) is 24.9. The summed E-state index contributed by atoms with van der Waals surface area (Å²) in [5.41, 5.74) is 3.81. The Labute approximate surface area is 164 Å². The molecule has 0 aliphatic heterocycles. The molecule has 0 heterocycles. The number of hydrogen-bond acceptors (Lipinski definition) is 3. The molecule has 3 aromatic carbocycles. The van der Waals surface area contributed by atoms with E-state index < -0.39 is 0 Å². The normalized spacial score (nSPS) is 10.2. The highest BCUT2D eigenvalue weighted by molar-refractivity contribution is 6.06. The predicted molar refractivity (Wildman–Crippen MR) is 111 cm³/mol. The third-order valence-electron chi connectivity index (χ3n) is 4.27. The van der Waals surface area contributed by atoms with Gasteiger partial charge in [0.1, 0.15) is 5.75 Å². The van der Waals surface area contributed by atoms with Crippen LogP contribution in [0.5, 0.6) is 5.75 Å². The summed E-state index contributed by atoms with van der Waals surface area (Å²) >= 11 is 0. The van der Waals surface area contributed by atoms with Crippen LogP contribution in [0.4, 0.5) is 11.4 Å². The number of aryl methyl sites for hydroxylation is 2. The van der Waals surface area contributed by atoms with Crippen molar-refractivity contribution in [1.29, 1.82) is 0 Å². The van der Waals surface area contributed by atoms with Crippen LogP contribution in [0.2, 0.25) is 0 Å². The fourth-order valence-electron chi connectivity index (χ4n) is 2.83. The Kier molecular flexibility index (Phi) is 6.07. The average molecular weight is 374 g/mol. The van der Waals surface area contributed by atoms with Gasteiger partial charge in [-0.2, -0.15) is 0 Å². The standard InChI is InChI=1S/C23H22N2O3/c1-16-9-8-10-17(2)22(16)25-21(26)15-28-20-14-7-6-13-19(20)23(27)24-18-11-4-3-5-12-18/h3-14H,15H2,1-2H3,(H,24,27)(H,25,26). The monoisotopic (exact) mass is 374 g/mol. The third kappa shape index (κ3) is 4.76. The van der Waals surface area contributed by atoms with E-state index in [0.29, 0.717) is 17.0 Å². The van der Waals surface area contributed by atoms with Gasteiger partial charge in [-0.05, 0) is 49.2 Å². The lowest BCUT2D eigenvalue weighted by molar-refractivity contribution is -0.118. The number of benzene rings is 3. The fourth-order valence-corrected chi connectivity index (χ4v) is 2.83. The molecule has 5 nitrogen and oxygen atoms in total. The zero-order valence-corrected chi connectivity index (χ0v) is 15.9. The number of nitrogens with one attached hydrogen (secondary N) is 2. The molecule has 3 aromatic rings. The minimum Gasteiger partial charge on any atom is -0.483 e. The second-order valence-corrected chi connectivity index (χ2v) is 6.42. The maximum atomic E-state index is 12.6. The van der Waals surface area contributed by atoms with Gasteiger partial charge in [-0.1, -0.05) is 48.5 Å². The molecule has 5 heteroatoms. The van der Waals surface area contributed by atoms with Crippen LogP contribution in [0.1, 0.15) is 21.5 Å². The number of anilines is 2. The number of carbonyl (C=O) groups excluding carboxylic acids is 2. The number of rotatable bonds is 6. The molecule has 0 radical (unpaired) electrons. The Morgan fingerprint density at radius 2 is 1.43 bits per heavy atom. The van der Waals surface area contributed by atoms with Crippen LogP contribution in [0, 0.1) is 13.8 Å². The second-order valence-electron chi connectivity index (χ2n) is 6.42. The minimum absolute atomic E-state index is 0.191. The summed E-state index contributed by atoms with van der Waals surface area (Å²) in [6, 6.07) is 21.8. The van der Waals surface area contributed by atoms with E-state index in [2.05, 4.69) is 10.6 Å². The van der Waals surface area contributed by atoms with E-state index in [4.69, 9.17) is 4.74 Å². The predicted octanol–water partition coefficient (Wildman–Crippen LogP) is 4.57. The summed E-state index contributed by atoms with van der Waals surface area (Å²) in [7, 11) is 0. The van der Waals surface area contributed by atoms with Crippen LogP contribution >= 0.6 is 0 Å². The molecule has 0 bridgehead atoms. The van der Waals surface area contributed by atoms with Gasteiger partial charge in [0.2, 0.25) is 0 Å². The Morgan fingerprint density at radius 1 is 0.786 bits per heavy atom. The molecule has 28 heavy (non-hydrogen) atoms. The lowest BCUT2D eigenvalue weighted by atomic mass is 10.1. The molecule has 0 spiro atoms. The molecule has 2 N–H and O–H groups in total. The van der Waals surface area contributed by atoms with E-state index >= 15 is 0 Å². The van der Waals surface area contributed by atoms with Crippen LogP contribution < -0.4 is 15.4 Å². The van der Waals surface area contributed by atoms with E-state index in [9.17, 15) is 9.59 Å². The van der Waals surface area contributed by atoms with Crippen molar-refractivity contribution in [1.82, 2.24) is 0 Å². The number of amides is 2. The van der Waals surface area contributed by atoms with Crippen LogP contribution in [-0.4, -0.2) is 18.4 Å². The second kappa shape index (κ2) is 8.86. The van der Waals surface area contributed by atoms with Crippen molar-refractivity contribution < 1.29 is 14.3 Å². The lowest BCUT2D eigenvalue weighted by Gasteiger charge is -2.14. The SMILES string of the molecule is Cc1cccc(C)c1NC(=O)COc1ccccc1C(=O)Nc1ccccc1. The highest BCUT2D eigenvalue weighted by Crippen LogP contribution is 2.21. The lowest BCUT2D eigenvalue weighted by Crippen LogP contribution is -2.22. The molecule has 2 amide bonds. The summed E-state index contributed by atoms with van der Waals surface area (Å²) < 4.78 is 5.64. The van der Waals surface area contributed by atoms with Gasteiger partial charge in [0.05, 0.1) is 5.56 Å². The Morgan fingerprint density at radius 3 is 2.14 bits per heavy atom. The molecule has 0 unspecified atom stereocenters. The van der Waals surface area contributed by atoms with Gasteiger partial charge < -0.3 is 15.4 Å². The van der Waals surface area contributed by atoms with Crippen LogP contribution in [0.3, 0.4) is 0 Å². The summed E-state index contributed by atoms with van der Waals surface area (Å²) in [5, 5.41) is 5.69. The first-order valence-electron chi connectivity index (χ1n) is 8.99. The van der Waals surface area contributed by atoms with Crippen molar-refractivity contribution in [3.63, 3.8) is 0 Å². The van der Waals surface area contributed by atoms with Crippen molar-refractivity contribution in [2.75, 3.05) is 17.2 Å². The van der Waals surface area contributed by atoms with Crippen molar-refractivity contribution >= 4 is 23.2 Å². The molecule has 0 fully saturated rings. The molecule has 0 aliphatic carbocycles. The maximum Gasteiger partial charge on any atom is 0.262 e. The van der Waals surface area contributed by atoms with Crippen LogP contribution in [-0.2, 0) is 4.79 Å². The minimum atomic E-state index is -0.294. The summed E-state index contributed by atoms with van der Waals surface area (Å²) in [5.74, 6) is -0.222. The third-order valence-corrected chi connectivity index (χ3v) is 4.27. The zero-order valence-electron chi connectivity index (χ0n) is 15.9. The Bertz CT molecular complexity index is 964. The molecule has 0 saturated carbocycles. The first-order chi connectivity index (χ1) is 13.5. The van der Waals surface area contributed by atoms with E-state index in [-0.39, 0.29) is 18.4 Å². The topological polar surface area (TPSA) is 67.4 Å². The Balaban J connectivity index is 1.66.